The fourth-order valence-electron chi connectivity index (χ4n) is 3.19. The molecule has 4 rings (SSSR count). The van der Waals surface area contributed by atoms with E-state index in [1.165, 1.54) is 25.3 Å². The minimum atomic E-state index is -0.253. The van der Waals surface area contributed by atoms with Gasteiger partial charge in [0.2, 0.25) is 5.95 Å². The lowest BCUT2D eigenvalue weighted by molar-refractivity contribution is 0.479. The van der Waals surface area contributed by atoms with Crippen LogP contribution in [0.15, 0.2) is 50.6 Å². The number of hydrogen-bond acceptors (Lipinski definition) is 5. The molecule has 8 heteroatoms. The molecule has 3 aromatic rings. The van der Waals surface area contributed by atoms with E-state index in [-0.39, 0.29) is 5.82 Å². The van der Waals surface area contributed by atoms with E-state index in [2.05, 4.69) is 35.6 Å². The standard InChI is InChI=1S/C19H20BrFN4OS/c20-16-11-14(6-7-17(16)21)13-27-19-23-22-18(24-8-2-1-3-9-24)25(19)12-15-5-4-10-26-15/h4-7,10-11H,1-3,8-9,12-13H2. The maximum Gasteiger partial charge on any atom is 0.228 e. The van der Waals surface area contributed by atoms with Crippen molar-refractivity contribution in [2.45, 2.75) is 36.7 Å². The van der Waals surface area contributed by atoms with Crippen LogP contribution in [0.1, 0.15) is 30.6 Å². The maximum absolute atomic E-state index is 13.5. The average molecular weight is 451 g/mol. The quantitative estimate of drug-likeness (QED) is 0.488. The summed E-state index contributed by atoms with van der Waals surface area (Å²) in [5.74, 6) is 2.21. The highest BCUT2D eigenvalue weighted by Gasteiger charge is 2.21. The first-order valence-corrected chi connectivity index (χ1v) is 10.8. The zero-order chi connectivity index (χ0) is 18.6. The highest BCUT2D eigenvalue weighted by atomic mass is 79.9. The zero-order valence-corrected chi connectivity index (χ0v) is 17.2. The Kier molecular flexibility index (Phi) is 5.83. The summed E-state index contributed by atoms with van der Waals surface area (Å²) < 4.78 is 21.6. The first kappa shape index (κ1) is 18.6. The molecule has 0 amide bonds. The Labute approximate surface area is 170 Å². The van der Waals surface area contributed by atoms with Gasteiger partial charge in [0.25, 0.3) is 0 Å². The third-order valence-corrected chi connectivity index (χ3v) is 6.23. The number of aromatic nitrogens is 3. The lowest BCUT2D eigenvalue weighted by Crippen LogP contribution is -2.32. The summed E-state index contributed by atoms with van der Waals surface area (Å²) in [6, 6.07) is 8.94. The Morgan fingerprint density at radius 2 is 2.00 bits per heavy atom. The van der Waals surface area contributed by atoms with Crippen LogP contribution in [-0.2, 0) is 12.3 Å². The van der Waals surface area contributed by atoms with E-state index in [0.717, 1.165) is 35.5 Å². The third-order valence-electron chi connectivity index (χ3n) is 4.58. The molecule has 1 aliphatic heterocycles. The molecule has 2 aromatic heterocycles. The minimum absolute atomic E-state index is 0.253. The van der Waals surface area contributed by atoms with Gasteiger partial charge in [0, 0.05) is 18.8 Å². The molecule has 0 radical (unpaired) electrons. The minimum Gasteiger partial charge on any atom is -0.467 e. The molecule has 0 spiro atoms. The molecule has 1 aromatic carbocycles. The van der Waals surface area contributed by atoms with Crippen molar-refractivity contribution in [3.05, 3.63) is 58.2 Å². The summed E-state index contributed by atoms with van der Waals surface area (Å²) in [5.41, 5.74) is 1.03. The number of benzene rings is 1. The molecule has 0 unspecified atom stereocenters. The smallest absolute Gasteiger partial charge is 0.228 e. The molecule has 5 nitrogen and oxygen atoms in total. The van der Waals surface area contributed by atoms with Gasteiger partial charge in [0.05, 0.1) is 17.3 Å². The zero-order valence-electron chi connectivity index (χ0n) is 14.8. The molecule has 27 heavy (non-hydrogen) atoms. The maximum atomic E-state index is 13.5. The molecule has 1 saturated heterocycles. The first-order chi connectivity index (χ1) is 13.2. The third kappa shape index (κ3) is 4.38. The highest BCUT2D eigenvalue weighted by Crippen LogP contribution is 2.29. The summed E-state index contributed by atoms with van der Waals surface area (Å²) in [5, 5.41) is 9.75. The number of piperidine rings is 1. The lowest BCUT2D eigenvalue weighted by atomic mass is 10.1. The summed E-state index contributed by atoms with van der Waals surface area (Å²) in [4.78, 5) is 2.30. The summed E-state index contributed by atoms with van der Waals surface area (Å²) in [6.45, 7) is 2.61. The largest absolute Gasteiger partial charge is 0.467 e. The van der Waals surface area contributed by atoms with E-state index in [9.17, 15) is 4.39 Å². The molecule has 1 fully saturated rings. The van der Waals surface area contributed by atoms with Crippen LogP contribution >= 0.6 is 27.7 Å². The van der Waals surface area contributed by atoms with Crippen molar-refractivity contribution in [1.29, 1.82) is 0 Å². The topological polar surface area (TPSA) is 47.1 Å². The van der Waals surface area contributed by atoms with Gasteiger partial charge in [-0.25, -0.2) is 4.39 Å². The lowest BCUT2D eigenvalue weighted by Gasteiger charge is -2.27. The second kappa shape index (κ2) is 8.48. The van der Waals surface area contributed by atoms with Crippen molar-refractivity contribution in [3.63, 3.8) is 0 Å². The van der Waals surface area contributed by atoms with Crippen LogP contribution in [0.25, 0.3) is 0 Å². The number of hydrogen-bond donors (Lipinski definition) is 0. The van der Waals surface area contributed by atoms with Gasteiger partial charge in [-0.3, -0.25) is 4.57 Å². The van der Waals surface area contributed by atoms with Crippen molar-refractivity contribution in [3.8, 4) is 0 Å². The summed E-state index contributed by atoms with van der Waals surface area (Å²) >= 11 is 4.85. The van der Waals surface area contributed by atoms with E-state index < -0.39 is 0 Å². The van der Waals surface area contributed by atoms with Gasteiger partial charge in [-0.2, -0.15) is 0 Å². The van der Waals surface area contributed by atoms with Gasteiger partial charge in [0.1, 0.15) is 11.6 Å². The number of rotatable bonds is 6. The van der Waals surface area contributed by atoms with Crippen LogP contribution in [-0.4, -0.2) is 27.9 Å². The average Bonchev–Trinajstić information content (AvgIpc) is 3.34. The molecule has 3 heterocycles. The van der Waals surface area contributed by atoms with Crippen molar-refractivity contribution in [1.82, 2.24) is 14.8 Å². The number of thioether (sulfide) groups is 1. The van der Waals surface area contributed by atoms with Crippen molar-refractivity contribution >= 4 is 33.6 Å². The predicted octanol–water partition coefficient (Wildman–Crippen LogP) is 5.10. The van der Waals surface area contributed by atoms with Gasteiger partial charge in [-0.05, 0) is 65.0 Å². The molecule has 0 atom stereocenters. The van der Waals surface area contributed by atoms with E-state index in [4.69, 9.17) is 4.42 Å². The summed E-state index contributed by atoms with van der Waals surface area (Å²) in [6.07, 6.45) is 5.31. The van der Waals surface area contributed by atoms with E-state index in [0.29, 0.717) is 16.8 Å². The number of nitrogens with zero attached hydrogens (tertiary/aromatic N) is 4. The monoisotopic (exact) mass is 450 g/mol. The number of anilines is 1. The predicted molar refractivity (Wildman–Crippen MR) is 108 cm³/mol. The molecular weight excluding hydrogens is 431 g/mol. The van der Waals surface area contributed by atoms with E-state index >= 15 is 0 Å². The van der Waals surface area contributed by atoms with Crippen LogP contribution in [0.4, 0.5) is 10.3 Å². The van der Waals surface area contributed by atoms with Gasteiger partial charge < -0.3 is 9.32 Å². The second-order valence-corrected chi connectivity index (χ2v) is 8.33. The van der Waals surface area contributed by atoms with E-state index in [1.54, 1.807) is 30.2 Å². The fraction of sp³-hybridized carbons (Fsp3) is 0.368. The van der Waals surface area contributed by atoms with Crippen LogP contribution in [0.3, 0.4) is 0 Å². The van der Waals surface area contributed by atoms with Crippen molar-refractivity contribution in [2.75, 3.05) is 18.0 Å². The fourth-order valence-corrected chi connectivity index (χ4v) is 4.49. The van der Waals surface area contributed by atoms with Crippen molar-refractivity contribution in [2.24, 2.45) is 0 Å². The van der Waals surface area contributed by atoms with Gasteiger partial charge in [-0.15, -0.1) is 10.2 Å². The van der Waals surface area contributed by atoms with E-state index in [1.807, 2.05) is 12.1 Å². The van der Waals surface area contributed by atoms with Crippen LogP contribution in [0.2, 0.25) is 0 Å². The Morgan fingerprint density at radius 1 is 1.15 bits per heavy atom. The molecule has 0 N–H and O–H groups in total. The Balaban J connectivity index is 1.56. The Hall–Kier alpha value is -1.80. The first-order valence-electron chi connectivity index (χ1n) is 8.98. The van der Waals surface area contributed by atoms with Gasteiger partial charge in [-0.1, -0.05) is 17.8 Å². The summed E-state index contributed by atoms with van der Waals surface area (Å²) in [7, 11) is 0. The Bertz CT molecular complexity index is 893. The van der Waals surface area contributed by atoms with Crippen LogP contribution < -0.4 is 4.90 Å². The van der Waals surface area contributed by atoms with Crippen LogP contribution in [0.5, 0.6) is 0 Å². The number of halogens is 2. The molecule has 1 aliphatic rings. The normalized spacial score (nSPS) is 14.7. The Morgan fingerprint density at radius 3 is 2.74 bits per heavy atom. The molecule has 0 aliphatic carbocycles. The molecule has 142 valence electrons. The molecule has 0 saturated carbocycles. The van der Waals surface area contributed by atoms with Gasteiger partial charge in [0.15, 0.2) is 5.16 Å². The highest BCUT2D eigenvalue weighted by molar-refractivity contribution is 9.10. The number of furan rings is 1. The molecular formula is C19H20BrFN4OS. The molecule has 0 bridgehead atoms. The van der Waals surface area contributed by atoms with Crippen LogP contribution in [0, 0.1) is 5.82 Å². The van der Waals surface area contributed by atoms with Gasteiger partial charge >= 0.3 is 0 Å². The van der Waals surface area contributed by atoms with Crippen molar-refractivity contribution < 1.29 is 8.81 Å². The second-order valence-electron chi connectivity index (χ2n) is 6.53. The SMILES string of the molecule is Fc1ccc(CSc2nnc(N3CCCCC3)n2Cc2ccco2)cc1Br.